The van der Waals surface area contributed by atoms with Gasteiger partial charge in [0.05, 0.1) is 11.4 Å². The molecular formula is C13H17N5O. The average molecular weight is 259 g/mol. The molecular weight excluding hydrogens is 242 g/mol. The van der Waals surface area contributed by atoms with E-state index in [-0.39, 0.29) is 11.6 Å². The standard InChI is InChI=1S/C13H17N5O/c1-3-4-9-11(14)12(18-17-9)13(19)16-10-7-8(2)5-6-15-10/h5-7H,3-4,14H2,1-2H3,(H,17,18)(H,15,16,19). The number of hydrogen-bond donors (Lipinski definition) is 3. The van der Waals surface area contributed by atoms with Crippen molar-refractivity contribution in [3.8, 4) is 0 Å². The van der Waals surface area contributed by atoms with Crippen LogP contribution in [0.3, 0.4) is 0 Å². The summed E-state index contributed by atoms with van der Waals surface area (Å²) in [6, 6.07) is 3.64. The number of nitrogens with two attached hydrogens (primary N) is 1. The molecule has 0 atom stereocenters. The van der Waals surface area contributed by atoms with Crippen molar-refractivity contribution >= 4 is 17.4 Å². The van der Waals surface area contributed by atoms with E-state index in [9.17, 15) is 4.79 Å². The lowest BCUT2D eigenvalue weighted by atomic mass is 10.2. The molecule has 2 rings (SSSR count). The number of nitrogen functional groups attached to an aromatic ring is 1. The van der Waals surface area contributed by atoms with Gasteiger partial charge in [-0.2, -0.15) is 5.10 Å². The van der Waals surface area contributed by atoms with Gasteiger partial charge < -0.3 is 11.1 Å². The molecule has 0 aromatic carbocycles. The number of aryl methyl sites for hydroxylation is 2. The number of H-pyrrole nitrogens is 1. The first-order valence-corrected chi connectivity index (χ1v) is 6.18. The van der Waals surface area contributed by atoms with Crippen molar-refractivity contribution in [2.24, 2.45) is 0 Å². The molecule has 0 aliphatic carbocycles. The van der Waals surface area contributed by atoms with Crippen LogP contribution in [0.2, 0.25) is 0 Å². The normalized spacial score (nSPS) is 10.4. The Kier molecular flexibility index (Phi) is 3.79. The SMILES string of the molecule is CCCc1[nH]nc(C(=O)Nc2cc(C)ccn2)c1N. The summed E-state index contributed by atoms with van der Waals surface area (Å²) in [5, 5.41) is 9.44. The minimum Gasteiger partial charge on any atom is -0.395 e. The Labute approximate surface area is 111 Å². The lowest BCUT2D eigenvalue weighted by Gasteiger charge is -2.03. The molecule has 19 heavy (non-hydrogen) atoms. The molecule has 0 fully saturated rings. The van der Waals surface area contributed by atoms with Crippen LogP contribution in [0, 0.1) is 6.92 Å². The monoisotopic (exact) mass is 259 g/mol. The van der Waals surface area contributed by atoms with Gasteiger partial charge in [-0.3, -0.25) is 9.89 Å². The number of aromatic nitrogens is 3. The summed E-state index contributed by atoms with van der Waals surface area (Å²) >= 11 is 0. The lowest BCUT2D eigenvalue weighted by Crippen LogP contribution is -2.15. The number of rotatable bonds is 4. The molecule has 0 saturated heterocycles. The second kappa shape index (κ2) is 5.51. The number of pyridine rings is 1. The summed E-state index contributed by atoms with van der Waals surface area (Å²) in [5.41, 5.74) is 8.34. The number of aromatic amines is 1. The zero-order valence-electron chi connectivity index (χ0n) is 11.0. The minimum atomic E-state index is -0.353. The van der Waals surface area contributed by atoms with Crippen molar-refractivity contribution in [3.63, 3.8) is 0 Å². The number of carbonyl (C=O) groups is 1. The van der Waals surface area contributed by atoms with Gasteiger partial charge in [0.25, 0.3) is 5.91 Å². The van der Waals surface area contributed by atoms with Crippen LogP contribution in [0.1, 0.15) is 35.1 Å². The summed E-state index contributed by atoms with van der Waals surface area (Å²) in [7, 11) is 0. The third-order valence-electron chi connectivity index (χ3n) is 2.76. The van der Waals surface area contributed by atoms with E-state index in [4.69, 9.17) is 5.73 Å². The number of amides is 1. The van der Waals surface area contributed by atoms with E-state index in [0.29, 0.717) is 11.5 Å². The molecule has 1 amide bonds. The van der Waals surface area contributed by atoms with Crippen molar-refractivity contribution < 1.29 is 4.79 Å². The van der Waals surface area contributed by atoms with Crippen LogP contribution in [-0.4, -0.2) is 21.1 Å². The van der Waals surface area contributed by atoms with Crippen molar-refractivity contribution in [3.05, 3.63) is 35.3 Å². The first kappa shape index (κ1) is 13.1. The Morgan fingerprint density at radius 1 is 1.53 bits per heavy atom. The Morgan fingerprint density at radius 3 is 3.00 bits per heavy atom. The van der Waals surface area contributed by atoms with Crippen LogP contribution in [0.4, 0.5) is 11.5 Å². The van der Waals surface area contributed by atoms with Crippen molar-refractivity contribution in [1.82, 2.24) is 15.2 Å². The Bertz CT molecular complexity index is 590. The van der Waals surface area contributed by atoms with Crippen molar-refractivity contribution in [2.45, 2.75) is 26.7 Å². The van der Waals surface area contributed by atoms with Gasteiger partial charge in [-0.25, -0.2) is 4.98 Å². The van der Waals surface area contributed by atoms with Gasteiger partial charge >= 0.3 is 0 Å². The second-order valence-electron chi connectivity index (χ2n) is 4.39. The Hall–Kier alpha value is -2.37. The van der Waals surface area contributed by atoms with Crippen LogP contribution in [0.5, 0.6) is 0 Å². The molecule has 0 radical (unpaired) electrons. The number of nitrogens with zero attached hydrogens (tertiary/aromatic N) is 2. The molecule has 6 heteroatoms. The number of nitrogens with one attached hydrogen (secondary N) is 2. The third-order valence-corrected chi connectivity index (χ3v) is 2.76. The van der Waals surface area contributed by atoms with Crippen LogP contribution in [-0.2, 0) is 6.42 Å². The third kappa shape index (κ3) is 2.90. The summed E-state index contributed by atoms with van der Waals surface area (Å²) in [6.45, 7) is 3.97. The van der Waals surface area contributed by atoms with Crippen LogP contribution >= 0.6 is 0 Å². The summed E-state index contributed by atoms with van der Waals surface area (Å²) in [5.74, 6) is 0.138. The highest BCUT2D eigenvalue weighted by Crippen LogP contribution is 2.17. The highest BCUT2D eigenvalue weighted by Gasteiger charge is 2.17. The lowest BCUT2D eigenvalue weighted by molar-refractivity contribution is 0.102. The van der Waals surface area contributed by atoms with Gasteiger partial charge in [0, 0.05) is 6.20 Å². The topological polar surface area (TPSA) is 96.7 Å². The fourth-order valence-corrected chi connectivity index (χ4v) is 1.78. The average Bonchev–Trinajstić information content (AvgIpc) is 2.72. The predicted octanol–water partition coefficient (Wildman–Crippen LogP) is 1.90. The van der Waals surface area contributed by atoms with Crippen LogP contribution in [0.25, 0.3) is 0 Å². The minimum absolute atomic E-state index is 0.215. The highest BCUT2D eigenvalue weighted by atomic mass is 16.2. The fraction of sp³-hybridized carbons (Fsp3) is 0.308. The Balaban J connectivity index is 2.16. The zero-order chi connectivity index (χ0) is 13.8. The van der Waals surface area contributed by atoms with E-state index >= 15 is 0 Å². The number of anilines is 2. The first-order chi connectivity index (χ1) is 9.11. The highest BCUT2D eigenvalue weighted by molar-refractivity contribution is 6.06. The maximum atomic E-state index is 12.1. The molecule has 100 valence electrons. The summed E-state index contributed by atoms with van der Waals surface area (Å²) in [6.07, 6.45) is 3.35. The maximum absolute atomic E-state index is 12.1. The molecule has 0 aliphatic rings. The van der Waals surface area contributed by atoms with Gasteiger partial charge in [-0.05, 0) is 31.0 Å². The Morgan fingerprint density at radius 2 is 2.32 bits per heavy atom. The molecule has 0 saturated carbocycles. The van der Waals surface area contributed by atoms with E-state index < -0.39 is 0 Å². The molecule has 0 unspecified atom stereocenters. The van der Waals surface area contributed by atoms with E-state index in [1.165, 1.54) is 0 Å². The molecule has 4 N–H and O–H groups in total. The molecule has 2 heterocycles. The van der Waals surface area contributed by atoms with Gasteiger partial charge in [-0.1, -0.05) is 13.3 Å². The summed E-state index contributed by atoms with van der Waals surface area (Å²) < 4.78 is 0. The fourth-order valence-electron chi connectivity index (χ4n) is 1.78. The number of carbonyl (C=O) groups excluding carboxylic acids is 1. The summed E-state index contributed by atoms with van der Waals surface area (Å²) in [4.78, 5) is 16.1. The number of hydrogen-bond acceptors (Lipinski definition) is 4. The smallest absolute Gasteiger partial charge is 0.279 e. The molecule has 2 aromatic heterocycles. The van der Waals surface area contributed by atoms with E-state index in [1.54, 1.807) is 12.3 Å². The molecule has 2 aromatic rings. The van der Waals surface area contributed by atoms with E-state index in [1.807, 2.05) is 19.9 Å². The molecule has 0 aliphatic heterocycles. The maximum Gasteiger partial charge on any atom is 0.279 e. The largest absolute Gasteiger partial charge is 0.395 e. The first-order valence-electron chi connectivity index (χ1n) is 6.18. The molecule has 6 nitrogen and oxygen atoms in total. The van der Waals surface area contributed by atoms with Gasteiger partial charge in [-0.15, -0.1) is 0 Å². The quantitative estimate of drug-likeness (QED) is 0.781. The molecule has 0 bridgehead atoms. The van der Waals surface area contributed by atoms with Gasteiger partial charge in [0.15, 0.2) is 5.69 Å². The van der Waals surface area contributed by atoms with E-state index in [2.05, 4.69) is 20.5 Å². The molecule has 0 spiro atoms. The van der Waals surface area contributed by atoms with Gasteiger partial charge in [0.2, 0.25) is 0 Å². The second-order valence-corrected chi connectivity index (χ2v) is 4.39. The van der Waals surface area contributed by atoms with Gasteiger partial charge in [0.1, 0.15) is 5.82 Å². The van der Waals surface area contributed by atoms with Crippen molar-refractivity contribution in [1.29, 1.82) is 0 Å². The van der Waals surface area contributed by atoms with Crippen LogP contribution in [0.15, 0.2) is 18.3 Å². The van der Waals surface area contributed by atoms with E-state index in [0.717, 1.165) is 24.1 Å². The predicted molar refractivity (Wildman–Crippen MR) is 73.9 cm³/mol. The van der Waals surface area contributed by atoms with Crippen LogP contribution < -0.4 is 11.1 Å². The zero-order valence-corrected chi connectivity index (χ0v) is 11.0. The van der Waals surface area contributed by atoms with Crippen molar-refractivity contribution in [2.75, 3.05) is 11.1 Å².